The van der Waals surface area contributed by atoms with Crippen LogP contribution in [0.2, 0.25) is 0 Å². The smallest absolute Gasteiger partial charge is 0.158 e. The van der Waals surface area contributed by atoms with Crippen LogP contribution < -0.4 is 0 Å². The van der Waals surface area contributed by atoms with E-state index in [1.807, 2.05) is 13.0 Å². The van der Waals surface area contributed by atoms with Gasteiger partial charge in [-0.15, -0.1) is 0 Å². The van der Waals surface area contributed by atoms with E-state index in [1.54, 1.807) is 19.3 Å². The molecule has 0 bridgehead atoms. The van der Waals surface area contributed by atoms with Gasteiger partial charge in [-0.3, -0.25) is 4.79 Å². The van der Waals surface area contributed by atoms with Gasteiger partial charge in [0.25, 0.3) is 0 Å². The zero-order valence-electron chi connectivity index (χ0n) is 8.77. The molecule has 0 spiro atoms. The van der Waals surface area contributed by atoms with Crippen LogP contribution in [-0.2, 0) is 9.53 Å². The second-order valence-electron chi connectivity index (χ2n) is 2.93. The van der Waals surface area contributed by atoms with E-state index < -0.39 is 0 Å². The summed E-state index contributed by atoms with van der Waals surface area (Å²) >= 11 is 0. The van der Waals surface area contributed by atoms with Gasteiger partial charge in [0.05, 0.1) is 6.10 Å². The quantitative estimate of drug-likeness (QED) is 0.498. The minimum Gasteiger partial charge on any atom is -0.396 e. The Hall–Kier alpha value is -0.930. The van der Waals surface area contributed by atoms with E-state index in [9.17, 15) is 4.79 Å². The fourth-order valence-corrected chi connectivity index (χ4v) is 1.01. The highest BCUT2D eigenvalue weighted by Crippen LogP contribution is 2.03. The Bertz CT molecular complexity index is 207. The first kappa shape index (κ1) is 13.1. The molecule has 0 fully saturated rings. The van der Waals surface area contributed by atoms with Crippen molar-refractivity contribution in [2.75, 3.05) is 13.7 Å². The van der Waals surface area contributed by atoms with Crippen LogP contribution in [0.4, 0.5) is 0 Å². The Kier molecular flexibility index (Phi) is 8.08. The Morgan fingerprint density at radius 3 is 2.71 bits per heavy atom. The maximum atomic E-state index is 11.3. The number of aliphatic hydroxyl groups is 1. The molecular weight excluding hydrogens is 180 g/mol. The molecule has 14 heavy (non-hydrogen) atoms. The van der Waals surface area contributed by atoms with Gasteiger partial charge in [0.1, 0.15) is 0 Å². The molecule has 1 atom stereocenters. The monoisotopic (exact) mass is 198 g/mol. The van der Waals surface area contributed by atoms with Gasteiger partial charge >= 0.3 is 0 Å². The van der Waals surface area contributed by atoms with Crippen molar-refractivity contribution in [2.24, 2.45) is 0 Å². The third-order valence-electron chi connectivity index (χ3n) is 1.80. The average molecular weight is 198 g/mol. The van der Waals surface area contributed by atoms with E-state index >= 15 is 0 Å². The van der Waals surface area contributed by atoms with Crippen LogP contribution in [-0.4, -0.2) is 30.7 Å². The van der Waals surface area contributed by atoms with E-state index in [0.29, 0.717) is 12.8 Å². The Balaban J connectivity index is 3.89. The number of hydrogen-bond donors (Lipinski definition) is 1. The molecule has 0 aromatic carbocycles. The van der Waals surface area contributed by atoms with Gasteiger partial charge in [-0.1, -0.05) is 18.2 Å². The minimum atomic E-state index is -0.178. The second kappa shape index (κ2) is 8.66. The second-order valence-corrected chi connectivity index (χ2v) is 2.93. The highest BCUT2D eigenvalue weighted by molar-refractivity contribution is 5.90. The Labute approximate surface area is 85.1 Å². The molecule has 0 amide bonds. The lowest BCUT2D eigenvalue weighted by Crippen LogP contribution is -2.16. The maximum Gasteiger partial charge on any atom is 0.158 e. The minimum absolute atomic E-state index is 0.0170. The van der Waals surface area contributed by atoms with Crippen molar-refractivity contribution in [3.8, 4) is 0 Å². The predicted molar refractivity (Wildman–Crippen MR) is 56.1 cm³/mol. The van der Waals surface area contributed by atoms with Crippen molar-refractivity contribution >= 4 is 5.78 Å². The molecule has 0 saturated carbocycles. The number of allylic oxidation sites excluding steroid dienone is 4. The van der Waals surface area contributed by atoms with Crippen LogP contribution in [0.3, 0.4) is 0 Å². The molecule has 0 heterocycles. The molecule has 0 aliphatic rings. The number of ketones is 1. The summed E-state index contributed by atoms with van der Waals surface area (Å²) in [6.07, 6.45) is 7.52. The van der Waals surface area contributed by atoms with E-state index in [2.05, 4.69) is 0 Å². The lowest BCUT2D eigenvalue weighted by Gasteiger charge is -2.11. The van der Waals surface area contributed by atoms with Crippen LogP contribution in [0.15, 0.2) is 24.3 Å². The molecule has 0 saturated heterocycles. The van der Waals surface area contributed by atoms with Crippen molar-refractivity contribution in [3.05, 3.63) is 24.3 Å². The molecule has 1 N–H and O–H groups in total. The van der Waals surface area contributed by atoms with E-state index in [4.69, 9.17) is 9.84 Å². The number of hydrogen-bond acceptors (Lipinski definition) is 3. The molecule has 0 aromatic heterocycles. The average Bonchev–Trinajstić information content (AvgIpc) is 2.17. The van der Waals surface area contributed by atoms with Gasteiger partial charge in [0.2, 0.25) is 0 Å². The Morgan fingerprint density at radius 1 is 1.50 bits per heavy atom. The number of aliphatic hydroxyl groups excluding tert-OH is 1. The summed E-state index contributed by atoms with van der Waals surface area (Å²) in [4.78, 5) is 11.3. The highest BCUT2D eigenvalue weighted by atomic mass is 16.5. The number of carbonyl (C=O) groups is 1. The lowest BCUT2D eigenvalue weighted by molar-refractivity contribution is -0.117. The predicted octanol–water partition coefficient (Wildman–Crippen LogP) is 1.48. The van der Waals surface area contributed by atoms with Gasteiger partial charge in [-0.05, 0) is 19.4 Å². The molecule has 0 radical (unpaired) electrons. The summed E-state index contributed by atoms with van der Waals surface area (Å²) in [5.74, 6) is 0.0170. The Morgan fingerprint density at radius 2 is 2.21 bits per heavy atom. The van der Waals surface area contributed by atoms with Gasteiger partial charge < -0.3 is 9.84 Å². The van der Waals surface area contributed by atoms with Crippen LogP contribution >= 0.6 is 0 Å². The third-order valence-corrected chi connectivity index (χ3v) is 1.80. The van der Waals surface area contributed by atoms with Crippen molar-refractivity contribution < 1.29 is 14.6 Å². The molecule has 0 aliphatic carbocycles. The molecule has 0 aliphatic heterocycles. The summed E-state index contributed by atoms with van der Waals surface area (Å²) < 4.78 is 5.03. The normalized spacial score (nSPS) is 13.9. The van der Waals surface area contributed by atoms with Crippen LogP contribution in [0, 0.1) is 0 Å². The number of carbonyl (C=O) groups excluding carboxylic acids is 1. The zero-order chi connectivity index (χ0) is 10.8. The summed E-state index contributed by atoms with van der Waals surface area (Å²) in [5.41, 5.74) is 0. The van der Waals surface area contributed by atoms with E-state index in [-0.39, 0.29) is 18.5 Å². The largest absolute Gasteiger partial charge is 0.396 e. The van der Waals surface area contributed by atoms with E-state index in [0.717, 1.165) is 0 Å². The van der Waals surface area contributed by atoms with Crippen LogP contribution in [0.1, 0.15) is 19.8 Å². The van der Waals surface area contributed by atoms with Crippen LogP contribution in [0.25, 0.3) is 0 Å². The number of methoxy groups -OCH3 is 1. The standard InChI is InChI=1S/C11H18O3/c1-3-4-5-6-10(13)9-11(14-2)7-8-12/h3-6,11-12H,7-9H2,1-2H3/b4-3+,6-5+/t11-/m0/s1. The first-order chi connectivity index (χ1) is 6.74. The molecule has 3 nitrogen and oxygen atoms in total. The molecule has 0 aromatic rings. The van der Waals surface area contributed by atoms with Gasteiger partial charge in [-0.2, -0.15) is 0 Å². The van der Waals surface area contributed by atoms with Crippen LogP contribution in [0.5, 0.6) is 0 Å². The number of rotatable bonds is 7. The zero-order valence-corrected chi connectivity index (χ0v) is 8.77. The summed E-state index contributed by atoms with van der Waals surface area (Å²) in [5, 5.41) is 8.67. The summed E-state index contributed by atoms with van der Waals surface area (Å²) in [6.45, 7) is 1.93. The topological polar surface area (TPSA) is 46.5 Å². The molecule has 0 rings (SSSR count). The molecule has 80 valence electrons. The first-order valence-corrected chi connectivity index (χ1v) is 4.70. The van der Waals surface area contributed by atoms with Crippen molar-refractivity contribution in [1.82, 2.24) is 0 Å². The fraction of sp³-hybridized carbons (Fsp3) is 0.545. The van der Waals surface area contributed by atoms with Crippen molar-refractivity contribution in [2.45, 2.75) is 25.9 Å². The SMILES string of the molecule is C/C=C/C=C/C(=O)C[C@H](CCO)OC. The summed E-state index contributed by atoms with van der Waals surface area (Å²) in [6, 6.07) is 0. The summed E-state index contributed by atoms with van der Waals surface area (Å²) in [7, 11) is 1.54. The lowest BCUT2D eigenvalue weighted by atomic mass is 10.1. The first-order valence-electron chi connectivity index (χ1n) is 4.70. The van der Waals surface area contributed by atoms with Gasteiger partial charge in [0.15, 0.2) is 5.78 Å². The van der Waals surface area contributed by atoms with Gasteiger partial charge in [0, 0.05) is 20.1 Å². The molecule has 3 heteroatoms. The molecule has 0 unspecified atom stereocenters. The van der Waals surface area contributed by atoms with Crippen molar-refractivity contribution in [1.29, 1.82) is 0 Å². The molecular formula is C11H18O3. The number of ether oxygens (including phenoxy) is 1. The van der Waals surface area contributed by atoms with E-state index in [1.165, 1.54) is 6.08 Å². The maximum absolute atomic E-state index is 11.3. The fourth-order valence-electron chi connectivity index (χ4n) is 1.01. The van der Waals surface area contributed by atoms with Gasteiger partial charge in [-0.25, -0.2) is 0 Å². The highest BCUT2D eigenvalue weighted by Gasteiger charge is 2.09. The third kappa shape index (κ3) is 6.57. The van der Waals surface area contributed by atoms with Crippen molar-refractivity contribution in [3.63, 3.8) is 0 Å².